The quantitative estimate of drug-likeness (QED) is 0.674. The Bertz CT molecular complexity index is 898. The van der Waals surface area contributed by atoms with E-state index in [2.05, 4.69) is 10.6 Å². The van der Waals surface area contributed by atoms with Crippen LogP contribution in [0.2, 0.25) is 0 Å². The first-order valence-electron chi connectivity index (χ1n) is 8.19. The minimum absolute atomic E-state index is 0.0700. The zero-order valence-electron chi connectivity index (χ0n) is 14.3. The Balaban J connectivity index is 1.70. The lowest BCUT2D eigenvalue weighted by atomic mass is 10.1. The number of carbonyl (C=O) groups excluding carboxylic acids is 1. The maximum Gasteiger partial charge on any atom is 0.228 e. The minimum Gasteiger partial charge on any atom is -0.494 e. The van der Waals surface area contributed by atoms with Crippen LogP contribution in [0.25, 0.3) is 0 Å². The number of halogens is 1. The van der Waals surface area contributed by atoms with Gasteiger partial charge < -0.3 is 15.4 Å². The Labute approximate surface area is 151 Å². The molecule has 0 bridgehead atoms. The van der Waals surface area contributed by atoms with Crippen molar-refractivity contribution in [3.63, 3.8) is 0 Å². The van der Waals surface area contributed by atoms with E-state index < -0.39 is 5.82 Å². The van der Waals surface area contributed by atoms with Crippen LogP contribution >= 0.6 is 0 Å². The highest BCUT2D eigenvalue weighted by Gasteiger charge is 2.10. The summed E-state index contributed by atoms with van der Waals surface area (Å²) in [5, 5.41) is 6.15. The molecule has 1 amide bonds. The SMILES string of the molecule is COc1ccc(CC(=O)Nc2ccccc2Nc2ccccc2)cc1F. The number of anilines is 3. The molecule has 0 heterocycles. The molecule has 0 atom stereocenters. The first kappa shape index (κ1) is 17.5. The van der Waals surface area contributed by atoms with Crippen molar-refractivity contribution < 1.29 is 13.9 Å². The molecule has 5 heteroatoms. The maximum atomic E-state index is 13.8. The highest BCUT2D eigenvalue weighted by molar-refractivity contribution is 5.96. The van der Waals surface area contributed by atoms with Crippen LogP contribution in [0.3, 0.4) is 0 Å². The number of carbonyl (C=O) groups is 1. The predicted molar refractivity (Wildman–Crippen MR) is 101 cm³/mol. The molecule has 0 saturated carbocycles. The van der Waals surface area contributed by atoms with Crippen LogP contribution in [-0.4, -0.2) is 13.0 Å². The number of hydrogen-bond donors (Lipinski definition) is 2. The van der Waals surface area contributed by atoms with Crippen molar-refractivity contribution in [3.8, 4) is 5.75 Å². The van der Waals surface area contributed by atoms with Crippen molar-refractivity contribution >= 4 is 23.0 Å². The average Bonchev–Trinajstić information content (AvgIpc) is 2.64. The molecule has 0 unspecified atom stereocenters. The highest BCUT2D eigenvalue weighted by Crippen LogP contribution is 2.25. The lowest BCUT2D eigenvalue weighted by molar-refractivity contribution is -0.115. The van der Waals surface area contributed by atoms with Crippen LogP contribution in [-0.2, 0) is 11.2 Å². The molecule has 0 aromatic heterocycles. The van der Waals surface area contributed by atoms with Crippen LogP contribution in [0.1, 0.15) is 5.56 Å². The molecule has 0 aliphatic rings. The van der Waals surface area contributed by atoms with Gasteiger partial charge in [-0.05, 0) is 42.0 Å². The topological polar surface area (TPSA) is 50.4 Å². The van der Waals surface area contributed by atoms with E-state index in [0.29, 0.717) is 11.3 Å². The normalized spacial score (nSPS) is 10.2. The summed E-state index contributed by atoms with van der Waals surface area (Å²) in [5.41, 5.74) is 2.95. The third-order valence-electron chi connectivity index (χ3n) is 3.83. The number of benzene rings is 3. The Hall–Kier alpha value is -3.34. The highest BCUT2D eigenvalue weighted by atomic mass is 19.1. The van der Waals surface area contributed by atoms with E-state index in [1.165, 1.54) is 19.2 Å². The molecular weight excluding hydrogens is 331 g/mol. The Morgan fingerprint density at radius 2 is 1.65 bits per heavy atom. The number of para-hydroxylation sites is 3. The van der Waals surface area contributed by atoms with Gasteiger partial charge in [-0.3, -0.25) is 4.79 Å². The van der Waals surface area contributed by atoms with E-state index in [9.17, 15) is 9.18 Å². The summed E-state index contributed by atoms with van der Waals surface area (Å²) < 4.78 is 18.7. The lowest BCUT2D eigenvalue weighted by Crippen LogP contribution is -2.15. The molecule has 0 aliphatic carbocycles. The third kappa shape index (κ3) is 4.39. The van der Waals surface area contributed by atoms with E-state index in [1.807, 2.05) is 54.6 Å². The fourth-order valence-electron chi connectivity index (χ4n) is 2.58. The van der Waals surface area contributed by atoms with Gasteiger partial charge in [0.05, 0.1) is 24.9 Å². The van der Waals surface area contributed by atoms with Crippen LogP contribution in [0.5, 0.6) is 5.75 Å². The monoisotopic (exact) mass is 350 g/mol. The third-order valence-corrected chi connectivity index (χ3v) is 3.83. The predicted octanol–water partition coefficient (Wildman–Crippen LogP) is 4.76. The standard InChI is InChI=1S/C21H19FN2O2/c1-26-20-12-11-15(13-17(20)22)14-21(25)24-19-10-6-5-9-18(19)23-16-7-3-2-4-8-16/h2-13,23H,14H2,1H3,(H,24,25). The Morgan fingerprint density at radius 3 is 2.35 bits per heavy atom. The number of rotatable bonds is 6. The molecule has 132 valence electrons. The summed E-state index contributed by atoms with van der Waals surface area (Å²) in [6.07, 6.45) is 0.0700. The van der Waals surface area contributed by atoms with Gasteiger partial charge in [0.15, 0.2) is 11.6 Å². The van der Waals surface area contributed by atoms with Gasteiger partial charge in [0.1, 0.15) is 0 Å². The second kappa shape index (κ2) is 8.16. The van der Waals surface area contributed by atoms with Crippen LogP contribution in [0.4, 0.5) is 21.5 Å². The van der Waals surface area contributed by atoms with Crippen LogP contribution in [0, 0.1) is 5.82 Å². The van der Waals surface area contributed by atoms with Gasteiger partial charge in [0.25, 0.3) is 0 Å². The first-order chi connectivity index (χ1) is 12.7. The minimum atomic E-state index is -0.482. The second-order valence-corrected chi connectivity index (χ2v) is 5.73. The molecule has 4 nitrogen and oxygen atoms in total. The van der Waals surface area contributed by atoms with Gasteiger partial charge in [-0.1, -0.05) is 36.4 Å². The molecule has 0 spiro atoms. The molecule has 0 fully saturated rings. The summed E-state index contributed by atoms with van der Waals surface area (Å²) in [7, 11) is 1.40. The number of amides is 1. The average molecular weight is 350 g/mol. The van der Waals surface area contributed by atoms with E-state index >= 15 is 0 Å². The van der Waals surface area contributed by atoms with Gasteiger partial charge in [0, 0.05) is 5.69 Å². The van der Waals surface area contributed by atoms with Crippen molar-refractivity contribution in [2.24, 2.45) is 0 Å². The summed E-state index contributed by atoms with van der Waals surface area (Å²) in [6.45, 7) is 0. The zero-order valence-corrected chi connectivity index (χ0v) is 14.3. The van der Waals surface area contributed by atoms with Crippen molar-refractivity contribution in [1.82, 2.24) is 0 Å². The van der Waals surface area contributed by atoms with Crippen LogP contribution in [0.15, 0.2) is 72.8 Å². The van der Waals surface area contributed by atoms with E-state index in [4.69, 9.17) is 4.74 Å². The maximum absolute atomic E-state index is 13.8. The molecule has 26 heavy (non-hydrogen) atoms. The van der Waals surface area contributed by atoms with E-state index in [-0.39, 0.29) is 18.1 Å². The number of methoxy groups -OCH3 is 1. The molecule has 0 radical (unpaired) electrons. The van der Waals surface area contributed by atoms with Gasteiger partial charge in [0.2, 0.25) is 5.91 Å². The van der Waals surface area contributed by atoms with Gasteiger partial charge in [-0.2, -0.15) is 0 Å². The number of nitrogens with one attached hydrogen (secondary N) is 2. The number of hydrogen-bond acceptors (Lipinski definition) is 3. The smallest absolute Gasteiger partial charge is 0.228 e. The van der Waals surface area contributed by atoms with E-state index in [1.54, 1.807) is 6.07 Å². The molecule has 3 aromatic carbocycles. The summed E-state index contributed by atoms with van der Waals surface area (Å²) >= 11 is 0. The molecular formula is C21H19FN2O2. The lowest BCUT2D eigenvalue weighted by Gasteiger charge is -2.13. The molecule has 0 aliphatic heterocycles. The largest absolute Gasteiger partial charge is 0.494 e. The van der Waals surface area contributed by atoms with Gasteiger partial charge in [-0.25, -0.2) is 4.39 Å². The van der Waals surface area contributed by atoms with Crippen molar-refractivity contribution in [2.45, 2.75) is 6.42 Å². The summed E-state index contributed by atoms with van der Waals surface area (Å²) in [4.78, 5) is 12.4. The molecule has 3 aromatic rings. The first-order valence-corrected chi connectivity index (χ1v) is 8.19. The van der Waals surface area contributed by atoms with Crippen molar-refractivity contribution in [3.05, 3.63) is 84.2 Å². The Morgan fingerprint density at radius 1 is 0.962 bits per heavy atom. The van der Waals surface area contributed by atoms with E-state index in [0.717, 1.165) is 11.4 Å². The van der Waals surface area contributed by atoms with Gasteiger partial charge >= 0.3 is 0 Å². The molecule has 2 N–H and O–H groups in total. The molecule has 3 rings (SSSR count). The molecule has 0 saturated heterocycles. The fourth-order valence-corrected chi connectivity index (χ4v) is 2.58. The fraction of sp³-hybridized carbons (Fsp3) is 0.0952. The number of ether oxygens (including phenoxy) is 1. The Kier molecular flexibility index (Phi) is 5.49. The summed E-state index contributed by atoms with van der Waals surface area (Å²) in [5.74, 6) is -0.549. The van der Waals surface area contributed by atoms with Crippen molar-refractivity contribution in [2.75, 3.05) is 17.7 Å². The van der Waals surface area contributed by atoms with Crippen LogP contribution < -0.4 is 15.4 Å². The second-order valence-electron chi connectivity index (χ2n) is 5.73. The van der Waals surface area contributed by atoms with Crippen molar-refractivity contribution in [1.29, 1.82) is 0 Å². The summed E-state index contributed by atoms with van der Waals surface area (Å²) in [6, 6.07) is 21.6. The zero-order chi connectivity index (χ0) is 18.4. The van der Waals surface area contributed by atoms with Gasteiger partial charge in [-0.15, -0.1) is 0 Å².